The first-order chi connectivity index (χ1) is 10.6. The molecule has 23 heavy (non-hydrogen) atoms. The van der Waals surface area contributed by atoms with Gasteiger partial charge in [-0.25, -0.2) is 8.42 Å². The molecule has 1 aliphatic rings. The second-order valence-electron chi connectivity index (χ2n) is 5.69. The summed E-state index contributed by atoms with van der Waals surface area (Å²) < 4.78 is 73.4. The van der Waals surface area contributed by atoms with Crippen LogP contribution in [0.15, 0.2) is 0 Å². The van der Waals surface area contributed by atoms with E-state index >= 15 is 0 Å². The molecule has 0 heterocycles. The standard InChI is InChI=1S/C13H22F3NO5S/c14-13(15,16)7-6-12(18)22-11(9-23(19,20)21)8-17-10-4-2-1-3-5-10/h10-11,17H,1-9H2,(H,19,20,21)/p-1. The van der Waals surface area contributed by atoms with Gasteiger partial charge in [-0.05, 0) is 12.8 Å². The molecule has 0 aromatic heterocycles. The number of ether oxygens (including phenoxy) is 1. The lowest BCUT2D eigenvalue weighted by Crippen LogP contribution is -2.41. The number of hydrogen-bond donors (Lipinski definition) is 1. The molecular formula is C13H21F3NO5S-. The van der Waals surface area contributed by atoms with Crippen LogP contribution in [0.3, 0.4) is 0 Å². The molecule has 1 atom stereocenters. The normalized spacial score (nSPS) is 18.6. The first kappa shape index (κ1) is 20.2. The van der Waals surface area contributed by atoms with E-state index in [1.807, 2.05) is 0 Å². The Hall–Kier alpha value is -0.870. The largest absolute Gasteiger partial charge is 0.748 e. The monoisotopic (exact) mass is 360 g/mol. The molecule has 0 saturated heterocycles. The van der Waals surface area contributed by atoms with Crippen molar-refractivity contribution in [2.45, 2.75) is 63.3 Å². The Morgan fingerprint density at radius 1 is 1.26 bits per heavy atom. The number of halogens is 3. The van der Waals surface area contributed by atoms with Gasteiger partial charge in [0.2, 0.25) is 0 Å². The molecule has 1 rings (SSSR count). The minimum absolute atomic E-state index is 0.0656. The molecule has 0 aromatic carbocycles. The fourth-order valence-electron chi connectivity index (χ4n) is 2.46. The molecule has 136 valence electrons. The van der Waals surface area contributed by atoms with Crippen molar-refractivity contribution in [3.8, 4) is 0 Å². The highest BCUT2D eigenvalue weighted by Gasteiger charge is 2.29. The minimum Gasteiger partial charge on any atom is -0.748 e. The molecule has 1 N–H and O–H groups in total. The lowest BCUT2D eigenvalue weighted by molar-refractivity contribution is -0.160. The van der Waals surface area contributed by atoms with Gasteiger partial charge in [0, 0.05) is 12.6 Å². The SMILES string of the molecule is O=C(CCC(F)(F)F)OC(CNC1CCCCC1)CS(=O)(=O)[O-]. The van der Waals surface area contributed by atoms with Gasteiger partial charge in [0.15, 0.2) is 0 Å². The number of nitrogens with one attached hydrogen (secondary N) is 1. The zero-order valence-corrected chi connectivity index (χ0v) is 13.4. The smallest absolute Gasteiger partial charge is 0.389 e. The predicted molar refractivity (Wildman–Crippen MR) is 74.6 cm³/mol. The molecule has 0 aliphatic heterocycles. The predicted octanol–water partition coefficient (Wildman–Crippen LogP) is 1.71. The van der Waals surface area contributed by atoms with Crippen LogP contribution in [-0.4, -0.2) is 49.6 Å². The Kier molecular flexibility index (Phi) is 7.75. The maximum Gasteiger partial charge on any atom is 0.389 e. The second kappa shape index (κ2) is 8.84. The molecule has 0 aromatic rings. The van der Waals surface area contributed by atoms with Crippen LogP contribution >= 0.6 is 0 Å². The number of esters is 1. The summed E-state index contributed by atoms with van der Waals surface area (Å²) in [5.74, 6) is -2.12. The summed E-state index contributed by atoms with van der Waals surface area (Å²) in [5.41, 5.74) is 0. The van der Waals surface area contributed by atoms with Gasteiger partial charge >= 0.3 is 12.1 Å². The van der Waals surface area contributed by atoms with Crippen LogP contribution in [-0.2, 0) is 19.6 Å². The van der Waals surface area contributed by atoms with E-state index in [0.717, 1.165) is 32.1 Å². The minimum atomic E-state index is -4.65. The Labute approximate surface area is 133 Å². The Morgan fingerprint density at radius 3 is 2.39 bits per heavy atom. The average molecular weight is 360 g/mol. The highest BCUT2D eigenvalue weighted by atomic mass is 32.2. The summed E-state index contributed by atoms with van der Waals surface area (Å²) in [7, 11) is -4.65. The van der Waals surface area contributed by atoms with E-state index in [1.165, 1.54) is 0 Å². The van der Waals surface area contributed by atoms with Gasteiger partial charge in [0.1, 0.15) is 6.10 Å². The molecule has 0 spiro atoms. The first-order valence-corrected chi connectivity index (χ1v) is 9.06. The zero-order valence-electron chi connectivity index (χ0n) is 12.6. The van der Waals surface area contributed by atoms with Crippen molar-refractivity contribution in [3.05, 3.63) is 0 Å². The summed E-state index contributed by atoms with van der Waals surface area (Å²) in [6.45, 7) is -0.0656. The number of carbonyl (C=O) groups excluding carboxylic acids is 1. The zero-order chi connectivity index (χ0) is 17.5. The fourth-order valence-corrected chi connectivity index (χ4v) is 3.10. The van der Waals surface area contributed by atoms with Crippen LogP contribution in [0.4, 0.5) is 13.2 Å². The lowest BCUT2D eigenvalue weighted by Gasteiger charge is -2.26. The summed E-state index contributed by atoms with van der Waals surface area (Å²) in [4.78, 5) is 11.4. The molecule has 0 amide bonds. The van der Waals surface area contributed by atoms with E-state index in [0.29, 0.717) is 0 Å². The van der Waals surface area contributed by atoms with Crippen molar-refractivity contribution < 1.29 is 35.7 Å². The number of hydrogen-bond acceptors (Lipinski definition) is 6. The van der Waals surface area contributed by atoms with Gasteiger partial charge in [-0.15, -0.1) is 0 Å². The summed E-state index contributed by atoms with van der Waals surface area (Å²) in [6, 6.07) is 0.134. The number of alkyl halides is 3. The van der Waals surface area contributed by atoms with Crippen molar-refractivity contribution >= 4 is 16.1 Å². The van der Waals surface area contributed by atoms with Crippen LogP contribution < -0.4 is 5.32 Å². The summed E-state index contributed by atoms with van der Waals surface area (Å²) in [5, 5.41) is 3.02. The molecule has 1 aliphatic carbocycles. The van der Waals surface area contributed by atoms with E-state index in [2.05, 4.69) is 5.32 Å². The van der Waals surface area contributed by atoms with Gasteiger partial charge in [-0.2, -0.15) is 13.2 Å². The second-order valence-corrected chi connectivity index (χ2v) is 7.14. The third-order valence-electron chi connectivity index (χ3n) is 3.54. The van der Waals surface area contributed by atoms with Crippen LogP contribution in [0.2, 0.25) is 0 Å². The topological polar surface area (TPSA) is 95.5 Å². The molecule has 0 bridgehead atoms. The van der Waals surface area contributed by atoms with Gasteiger partial charge in [0.25, 0.3) is 0 Å². The highest BCUT2D eigenvalue weighted by Crippen LogP contribution is 2.22. The van der Waals surface area contributed by atoms with Gasteiger partial charge < -0.3 is 14.6 Å². The lowest BCUT2D eigenvalue weighted by atomic mass is 9.95. The van der Waals surface area contributed by atoms with Crippen molar-refractivity contribution in [1.82, 2.24) is 5.32 Å². The Balaban J connectivity index is 2.48. The Morgan fingerprint density at radius 2 is 1.87 bits per heavy atom. The average Bonchev–Trinajstić information content (AvgIpc) is 2.41. The highest BCUT2D eigenvalue weighted by molar-refractivity contribution is 7.85. The van der Waals surface area contributed by atoms with E-state index < -0.39 is 47.0 Å². The first-order valence-electron chi connectivity index (χ1n) is 7.48. The molecule has 6 nitrogen and oxygen atoms in total. The van der Waals surface area contributed by atoms with E-state index in [1.54, 1.807) is 0 Å². The van der Waals surface area contributed by atoms with E-state index in [4.69, 9.17) is 4.74 Å². The van der Waals surface area contributed by atoms with Crippen molar-refractivity contribution in [3.63, 3.8) is 0 Å². The van der Waals surface area contributed by atoms with E-state index in [9.17, 15) is 30.9 Å². The maximum atomic E-state index is 12.0. The van der Waals surface area contributed by atoms with Gasteiger partial charge in [0.05, 0.1) is 28.7 Å². The number of rotatable bonds is 8. The quantitative estimate of drug-likeness (QED) is 0.523. The fraction of sp³-hybridized carbons (Fsp3) is 0.923. The molecule has 1 saturated carbocycles. The maximum absolute atomic E-state index is 12.0. The molecular weight excluding hydrogens is 339 g/mol. The summed E-state index contributed by atoms with van der Waals surface area (Å²) in [6.07, 6.45) is -3.09. The van der Waals surface area contributed by atoms with Crippen LogP contribution in [0.5, 0.6) is 0 Å². The third-order valence-corrected chi connectivity index (χ3v) is 4.32. The van der Waals surface area contributed by atoms with Crippen molar-refractivity contribution in [2.24, 2.45) is 0 Å². The van der Waals surface area contributed by atoms with Gasteiger partial charge in [-0.1, -0.05) is 19.3 Å². The van der Waals surface area contributed by atoms with Crippen LogP contribution in [0.1, 0.15) is 44.9 Å². The van der Waals surface area contributed by atoms with Crippen LogP contribution in [0, 0.1) is 0 Å². The number of carbonyl (C=O) groups is 1. The third kappa shape index (κ3) is 10.5. The molecule has 0 radical (unpaired) electrons. The van der Waals surface area contributed by atoms with Crippen molar-refractivity contribution in [2.75, 3.05) is 12.3 Å². The van der Waals surface area contributed by atoms with Gasteiger partial charge in [-0.3, -0.25) is 4.79 Å². The summed E-state index contributed by atoms with van der Waals surface area (Å²) >= 11 is 0. The van der Waals surface area contributed by atoms with Crippen molar-refractivity contribution in [1.29, 1.82) is 0 Å². The molecule has 1 unspecified atom stereocenters. The van der Waals surface area contributed by atoms with Crippen LogP contribution in [0.25, 0.3) is 0 Å². The molecule has 1 fully saturated rings. The van der Waals surface area contributed by atoms with E-state index in [-0.39, 0.29) is 12.6 Å². The Bertz CT molecular complexity index is 474. The molecule has 10 heteroatoms.